The zero-order valence-corrected chi connectivity index (χ0v) is 26.3. The summed E-state index contributed by atoms with van der Waals surface area (Å²) in [6, 6.07) is 13.0. The lowest BCUT2D eigenvalue weighted by Gasteiger charge is -2.23. The van der Waals surface area contributed by atoms with Crippen LogP contribution in [0.2, 0.25) is 0 Å². The molecule has 3 heterocycles. The maximum atomic E-state index is 13.8. The van der Waals surface area contributed by atoms with Gasteiger partial charge in [0.1, 0.15) is 11.3 Å². The topological polar surface area (TPSA) is 81.6 Å². The molecule has 1 unspecified atom stereocenters. The molecule has 0 radical (unpaired) electrons. The van der Waals surface area contributed by atoms with Gasteiger partial charge in [-0.2, -0.15) is 0 Å². The smallest absolute Gasteiger partial charge is 0.254 e. The number of nitrogens with two attached hydrogens (primary N) is 1. The van der Waals surface area contributed by atoms with Crippen LogP contribution in [-0.4, -0.2) is 64.3 Å². The summed E-state index contributed by atoms with van der Waals surface area (Å²) < 4.78 is 10.5. The number of hydrogen-bond acceptors (Lipinski definition) is 5. The number of methoxy groups -OCH3 is 1. The highest BCUT2D eigenvalue weighted by Crippen LogP contribution is 2.39. The number of aromatic nitrogens is 3. The molecule has 43 heavy (non-hydrogen) atoms. The quantitative estimate of drug-likeness (QED) is 0.246. The number of hydrogen-bond donors (Lipinski definition) is 1. The summed E-state index contributed by atoms with van der Waals surface area (Å²) in [6.07, 6.45) is 7.58. The van der Waals surface area contributed by atoms with Gasteiger partial charge in [-0.05, 0) is 74.3 Å². The van der Waals surface area contributed by atoms with Crippen molar-refractivity contribution < 1.29 is 9.53 Å². The van der Waals surface area contributed by atoms with Gasteiger partial charge < -0.3 is 29.4 Å². The second-order valence-electron chi connectivity index (χ2n) is 13.5. The van der Waals surface area contributed by atoms with E-state index in [1.165, 1.54) is 48.7 Å². The molecule has 2 saturated carbocycles. The number of aryl methyl sites for hydroxylation is 1. The molecule has 228 valence electrons. The fourth-order valence-electron chi connectivity index (χ4n) is 7.13. The molecule has 7 rings (SSSR count). The van der Waals surface area contributed by atoms with Crippen molar-refractivity contribution in [1.82, 2.24) is 19.0 Å². The van der Waals surface area contributed by atoms with Crippen molar-refractivity contribution in [3.63, 3.8) is 0 Å². The van der Waals surface area contributed by atoms with Gasteiger partial charge in [0.05, 0.1) is 23.8 Å². The van der Waals surface area contributed by atoms with Crippen molar-refractivity contribution in [2.24, 2.45) is 30.5 Å². The van der Waals surface area contributed by atoms with Crippen LogP contribution in [0, 0.1) is 17.8 Å². The van der Waals surface area contributed by atoms with E-state index in [2.05, 4.69) is 66.2 Å². The van der Waals surface area contributed by atoms with Crippen LogP contribution in [-0.2, 0) is 13.6 Å². The van der Waals surface area contributed by atoms with E-state index in [0.717, 1.165) is 48.0 Å². The Morgan fingerprint density at radius 1 is 1.12 bits per heavy atom. The van der Waals surface area contributed by atoms with Gasteiger partial charge in [-0.15, -0.1) is 0 Å². The Morgan fingerprint density at radius 3 is 2.56 bits per heavy atom. The fraction of sp³-hybridized carbons (Fsp3) is 0.543. The highest BCUT2D eigenvalue weighted by Gasteiger charge is 2.39. The van der Waals surface area contributed by atoms with Crippen LogP contribution in [0.15, 0.2) is 36.4 Å². The molecule has 4 aromatic rings. The van der Waals surface area contributed by atoms with Crippen molar-refractivity contribution in [2.75, 3.05) is 32.1 Å². The SMILES string of the molecule is CC[C@@H]1CN(C(=O)c2cc(OC)c3c(c2)nc(-c2cc4ccc(N(C)CCC5CC5)cc4n2CC2CC2)n3C)C(C)[C@H]1N. The van der Waals surface area contributed by atoms with Crippen molar-refractivity contribution >= 4 is 33.5 Å². The molecule has 2 N–H and O–H groups in total. The van der Waals surface area contributed by atoms with Crippen molar-refractivity contribution in [1.29, 1.82) is 0 Å². The molecule has 1 amide bonds. The van der Waals surface area contributed by atoms with Gasteiger partial charge in [0.25, 0.3) is 5.91 Å². The van der Waals surface area contributed by atoms with Gasteiger partial charge in [0, 0.05) is 62.5 Å². The standard InChI is InChI=1S/C35H46N6O2/c1-6-24-20-40(21(2)32(24)36)35(42)26-15-28-33(31(17-26)43-5)39(4)34(37-28)30-16-25-11-12-27(38(3)14-13-22-7-8-22)18-29(25)41(30)19-23-9-10-23/h11-12,15-18,21-24,32H,6-10,13-14,19-20,36H2,1-5H3/t21?,24-,32-/m1/s1. The molecule has 3 fully saturated rings. The Balaban J connectivity index is 1.28. The summed E-state index contributed by atoms with van der Waals surface area (Å²) in [6.45, 7) is 6.97. The second kappa shape index (κ2) is 10.9. The average Bonchev–Trinajstić information content (AvgIpc) is 3.94. The molecular formula is C35H46N6O2. The van der Waals surface area contributed by atoms with Crippen LogP contribution in [0.1, 0.15) is 62.7 Å². The number of likely N-dealkylation sites (tertiary alicyclic amines) is 1. The lowest BCUT2D eigenvalue weighted by atomic mass is 9.98. The van der Waals surface area contributed by atoms with Crippen molar-refractivity contribution in [2.45, 2.75) is 71.0 Å². The Bertz CT molecular complexity index is 1680. The third kappa shape index (κ3) is 5.07. The Morgan fingerprint density at radius 2 is 1.88 bits per heavy atom. The van der Waals surface area contributed by atoms with Crippen LogP contribution < -0.4 is 15.4 Å². The van der Waals surface area contributed by atoms with Crippen LogP contribution in [0.4, 0.5) is 5.69 Å². The predicted molar refractivity (Wildman–Crippen MR) is 174 cm³/mol. The molecule has 3 atom stereocenters. The molecule has 3 aliphatic rings. The fourth-order valence-corrected chi connectivity index (χ4v) is 7.13. The number of imidazole rings is 1. The molecular weight excluding hydrogens is 536 g/mol. The molecule has 1 saturated heterocycles. The average molecular weight is 583 g/mol. The van der Waals surface area contributed by atoms with Crippen molar-refractivity contribution in [3.05, 3.63) is 42.0 Å². The van der Waals surface area contributed by atoms with Gasteiger partial charge in [0.2, 0.25) is 0 Å². The maximum Gasteiger partial charge on any atom is 0.254 e. The van der Waals surface area contributed by atoms with Crippen LogP contribution in [0.3, 0.4) is 0 Å². The van der Waals surface area contributed by atoms with Crippen LogP contribution >= 0.6 is 0 Å². The Hall–Kier alpha value is -3.52. The summed E-state index contributed by atoms with van der Waals surface area (Å²) >= 11 is 0. The number of benzene rings is 2. The van der Waals surface area contributed by atoms with Gasteiger partial charge in [-0.25, -0.2) is 4.98 Å². The maximum absolute atomic E-state index is 13.8. The predicted octanol–water partition coefficient (Wildman–Crippen LogP) is 6.05. The highest BCUT2D eigenvalue weighted by molar-refractivity contribution is 6.00. The number of ether oxygens (including phenoxy) is 1. The van der Waals surface area contributed by atoms with Gasteiger partial charge in [-0.3, -0.25) is 4.79 Å². The summed E-state index contributed by atoms with van der Waals surface area (Å²) in [5, 5.41) is 1.23. The first kappa shape index (κ1) is 28.3. The van der Waals surface area contributed by atoms with E-state index in [0.29, 0.717) is 29.7 Å². The largest absolute Gasteiger partial charge is 0.494 e. The lowest BCUT2D eigenvalue weighted by Crippen LogP contribution is -2.41. The Labute approximate surface area is 254 Å². The van der Waals surface area contributed by atoms with E-state index < -0.39 is 0 Å². The van der Waals surface area contributed by atoms with Gasteiger partial charge in [0.15, 0.2) is 5.82 Å². The first-order chi connectivity index (χ1) is 20.8. The number of amides is 1. The molecule has 2 aromatic heterocycles. The number of carbonyl (C=O) groups excluding carboxylic acids is 1. The summed E-state index contributed by atoms with van der Waals surface area (Å²) in [5.41, 5.74) is 12.4. The van der Waals surface area contributed by atoms with E-state index in [9.17, 15) is 4.79 Å². The zero-order valence-electron chi connectivity index (χ0n) is 26.3. The van der Waals surface area contributed by atoms with Crippen LogP contribution in [0.25, 0.3) is 33.5 Å². The molecule has 2 aromatic carbocycles. The van der Waals surface area contributed by atoms with Gasteiger partial charge in [-0.1, -0.05) is 32.3 Å². The summed E-state index contributed by atoms with van der Waals surface area (Å²) in [4.78, 5) is 23.3. The van der Waals surface area contributed by atoms with Crippen LogP contribution in [0.5, 0.6) is 5.75 Å². The molecule has 8 nitrogen and oxygen atoms in total. The van der Waals surface area contributed by atoms with E-state index in [4.69, 9.17) is 15.5 Å². The van der Waals surface area contributed by atoms with Crippen molar-refractivity contribution in [3.8, 4) is 17.3 Å². The third-order valence-corrected chi connectivity index (χ3v) is 10.5. The minimum absolute atomic E-state index is 0.00536. The highest BCUT2D eigenvalue weighted by atomic mass is 16.5. The van der Waals surface area contributed by atoms with E-state index in [-0.39, 0.29) is 18.0 Å². The molecule has 2 aliphatic carbocycles. The normalized spacial score (nSPS) is 22.2. The van der Waals surface area contributed by atoms with E-state index in [1.54, 1.807) is 7.11 Å². The molecule has 0 spiro atoms. The van der Waals surface area contributed by atoms with E-state index in [1.807, 2.05) is 17.0 Å². The molecule has 8 heteroatoms. The second-order valence-corrected chi connectivity index (χ2v) is 13.5. The minimum Gasteiger partial charge on any atom is -0.494 e. The molecule has 0 bridgehead atoms. The first-order valence-corrected chi connectivity index (χ1v) is 16.2. The summed E-state index contributed by atoms with van der Waals surface area (Å²) in [5.74, 6) is 3.49. The summed E-state index contributed by atoms with van der Waals surface area (Å²) in [7, 11) is 5.94. The number of nitrogens with zero attached hydrogens (tertiary/aromatic N) is 5. The minimum atomic E-state index is -0.00696. The first-order valence-electron chi connectivity index (χ1n) is 16.2. The third-order valence-electron chi connectivity index (χ3n) is 10.5. The number of rotatable bonds is 10. The lowest BCUT2D eigenvalue weighted by molar-refractivity contribution is 0.0739. The molecule has 1 aliphatic heterocycles. The number of carbonyl (C=O) groups is 1. The zero-order chi connectivity index (χ0) is 30.0. The van der Waals surface area contributed by atoms with Gasteiger partial charge >= 0.3 is 0 Å². The Kier molecular flexibility index (Phi) is 7.15. The number of anilines is 1. The van der Waals surface area contributed by atoms with E-state index >= 15 is 0 Å². The number of fused-ring (bicyclic) bond motifs is 2. The monoisotopic (exact) mass is 582 g/mol.